The maximum Gasteiger partial charge on any atom is 0.260 e. The Hall–Kier alpha value is -3.22. The van der Waals surface area contributed by atoms with Crippen molar-refractivity contribution in [3.8, 4) is 17.2 Å². The zero-order chi connectivity index (χ0) is 21.3. The smallest absolute Gasteiger partial charge is 0.260 e. The molecule has 1 saturated heterocycles. The van der Waals surface area contributed by atoms with Crippen molar-refractivity contribution in [2.75, 3.05) is 40.5 Å². The van der Waals surface area contributed by atoms with E-state index in [2.05, 4.69) is 5.32 Å². The second kappa shape index (κ2) is 10.5. The molecule has 0 aliphatic carbocycles. The van der Waals surface area contributed by atoms with Crippen LogP contribution >= 0.6 is 0 Å². The van der Waals surface area contributed by atoms with E-state index in [1.807, 2.05) is 35.2 Å². The summed E-state index contributed by atoms with van der Waals surface area (Å²) >= 11 is 0. The van der Waals surface area contributed by atoms with Crippen molar-refractivity contribution in [3.05, 3.63) is 54.1 Å². The van der Waals surface area contributed by atoms with Gasteiger partial charge in [0.1, 0.15) is 5.75 Å². The summed E-state index contributed by atoms with van der Waals surface area (Å²) in [6, 6.07) is 14.4. The van der Waals surface area contributed by atoms with Crippen LogP contribution in [0, 0.1) is 5.92 Å². The Morgan fingerprint density at radius 2 is 1.70 bits per heavy atom. The lowest BCUT2D eigenvalue weighted by atomic mass is 9.96. The number of para-hydroxylation sites is 1. The lowest BCUT2D eigenvalue weighted by Crippen LogP contribution is -2.43. The fraction of sp³-hybridized carbons (Fsp3) is 0.391. The number of nitrogens with one attached hydrogen (secondary N) is 1. The standard InChI is InChI=1S/C23H28N2O5/c1-28-20-9-8-18(14-21(20)29-2)23(27)24-15-17-10-12-25(13-11-17)22(26)16-30-19-6-4-3-5-7-19/h3-9,14,17H,10-13,15-16H2,1-2H3,(H,24,27). The van der Waals surface area contributed by atoms with Crippen LogP contribution < -0.4 is 19.5 Å². The summed E-state index contributed by atoms with van der Waals surface area (Å²) in [5, 5.41) is 2.98. The number of hydrogen-bond acceptors (Lipinski definition) is 5. The summed E-state index contributed by atoms with van der Waals surface area (Å²) in [6.45, 7) is 1.97. The first kappa shape index (κ1) is 21.5. The fourth-order valence-electron chi connectivity index (χ4n) is 3.46. The molecule has 2 aromatic rings. The van der Waals surface area contributed by atoms with Crippen LogP contribution in [0.25, 0.3) is 0 Å². The molecule has 0 atom stereocenters. The first-order valence-electron chi connectivity index (χ1n) is 10.1. The van der Waals surface area contributed by atoms with Gasteiger partial charge in [0, 0.05) is 25.2 Å². The largest absolute Gasteiger partial charge is 0.493 e. The van der Waals surface area contributed by atoms with Crippen LogP contribution in [-0.4, -0.2) is 57.2 Å². The molecule has 1 N–H and O–H groups in total. The predicted molar refractivity (Wildman–Crippen MR) is 113 cm³/mol. The van der Waals surface area contributed by atoms with Crippen molar-refractivity contribution >= 4 is 11.8 Å². The van der Waals surface area contributed by atoms with Gasteiger partial charge in [0.2, 0.25) is 0 Å². The van der Waals surface area contributed by atoms with Gasteiger partial charge in [-0.3, -0.25) is 9.59 Å². The third-order valence-electron chi connectivity index (χ3n) is 5.27. The number of ether oxygens (including phenoxy) is 3. The molecular weight excluding hydrogens is 384 g/mol. The van der Waals surface area contributed by atoms with Crippen molar-refractivity contribution < 1.29 is 23.8 Å². The first-order chi connectivity index (χ1) is 14.6. The number of hydrogen-bond donors (Lipinski definition) is 1. The molecule has 3 rings (SSSR count). The van der Waals surface area contributed by atoms with Gasteiger partial charge in [-0.1, -0.05) is 18.2 Å². The molecule has 1 heterocycles. The molecule has 0 aromatic heterocycles. The summed E-state index contributed by atoms with van der Waals surface area (Å²) in [5.41, 5.74) is 0.526. The highest BCUT2D eigenvalue weighted by Crippen LogP contribution is 2.27. The molecule has 30 heavy (non-hydrogen) atoms. The predicted octanol–water partition coefficient (Wildman–Crippen LogP) is 2.75. The minimum atomic E-state index is -0.147. The molecule has 1 aliphatic rings. The van der Waals surface area contributed by atoms with Gasteiger partial charge in [-0.2, -0.15) is 0 Å². The van der Waals surface area contributed by atoms with E-state index in [1.165, 1.54) is 0 Å². The number of methoxy groups -OCH3 is 2. The SMILES string of the molecule is COc1ccc(C(=O)NCC2CCN(C(=O)COc3ccccc3)CC2)cc1OC. The summed E-state index contributed by atoms with van der Waals surface area (Å²) in [5.74, 6) is 1.99. The Balaban J connectivity index is 1.41. The number of amides is 2. The van der Waals surface area contributed by atoms with Crippen molar-refractivity contribution in [1.82, 2.24) is 10.2 Å². The van der Waals surface area contributed by atoms with Gasteiger partial charge in [0.25, 0.3) is 11.8 Å². The van der Waals surface area contributed by atoms with Crippen LogP contribution in [0.2, 0.25) is 0 Å². The molecular formula is C23H28N2O5. The van der Waals surface area contributed by atoms with E-state index in [1.54, 1.807) is 32.4 Å². The van der Waals surface area contributed by atoms with Gasteiger partial charge in [-0.15, -0.1) is 0 Å². The number of likely N-dealkylation sites (tertiary alicyclic amines) is 1. The molecule has 7 nitrogen and oxygen atoms in total. The molecule has 0 radical (unpaired) electrons. The highest BCUT2D eigenvalue weighted by atomic mass is 16.5. The van der Waals surface area contributed by atoms with E-state index in [9.17, 15) is 9.59 Å². The van der Waals surface area contributed by atoms with Gasteiger partial charge in [-0.25, -0.2) is 0 Å². The number of carbonyl (C=O) groups excluding carboxylic acids is 2. The molecule has 0 saturated carbocycles. The van der Waals surface area contributed by atoms with Gasteiger partial charge < -0.3 is 24.4 Å². The minimum Gasteiger partial charge on any atom is -0.493 e. The van der Waals surface area contributed by atoms with Crippen LogP contribution in [0.1, 0.15) is 23.2 Å². The lowest BCUT2D eigenvalue weighted by Gasteiger charge is -2.32. The quantitative estimate of drug-likeness (QED) is 0.722. The molecule has 7 heteroatoms. The maximum atomic E-state index is 12.5. The Morgan fingerprint density at radius 1 is 1.00 bits per heavy atom. The minimum absolute atomic E-state index is 0.00772. The van der Waals surface area contributed by atoms with Crippen LogP contribution in [0.5, 0.6) is 17.2 Å². The Bertz CT molecular complexity index is 848. The average Bonchev–Trinajstić information content (AvgIpc) is 2.81. The average molecular weight is 412 g/mol. The Morgan fingerprint density at radius 3 is 2.37 bits per heavy atom. The normalized spacial score (nSPS) is 14.1. The highest BCUT2D eigenvalue weighted by molar-refractivity contribution is 5.94. The van der Waals surface area contributed by atoms with Crippen molar-refractivity contribution in [2.24, 2.45) is 5.92 Å². The van der Waals surface area contributed by atoms with E-state index >= 15 is 0 Å². The van der Waals surface area contributed by atoms with E-state index in [0.717, 1.165) is 12.8 Å². The van der Waals surface area contributed by atoms with E-state index in [-0.39, 0.29) is 18.4 Å². The van der Waals surface area contributed by atoms with E-state index in [0.29, 0.717) is 48.4 Å². The highest BCUT2D eigenvalue weighted by Gasteiger charge is 2.23. The van der Waals surface area contributed by atoms with Crippen molar-refractivity contribution in [2.45, 2.75) is 12.8 Å². The number of nitrogens with zero attached hydrogens (tertiary/aromatic N) is 1. The zero-order valence-electron chi connectivity index (χ0n) is 17.4. The Kier molecular flexibility index (Phi) is 7.54. The fourth-order valence-corrected chi connectivity index (χ4v) is 3.46. The van der Waals surface area contributed by atoms with Crippen LogP contribution in [-0.2, 0) is 4.79 Å². The summed E-state index contributed by atoms with van der Waals surface area (Å²) in [4.78, 5) is 26.6. The lowest BCUT2D eigenvalue weighted by molar-refractivity contribution is -0.134. The monoisotopic (exact) mass is 412 g/mol. The Labute approximate surface area is 176 Å². The molecule has 2 amide bonds. The van der Waals surface area contributed by atoms with E-state index < -0.39 is 0 Å². The maximum absolute atomic E-state index is 12.5. The number of benzene rings is 2. The molecule has 160 valence electrons. The summed E-state index contributed by atoms with van der Waals surface area (Å²) < 4.78 is 16.0. The van der Waals surface area contributed by atoms with Gasteiger partial charge in [0.05, 0.1) is 14.2 Å². The molecule has 0 spiro atoms. The molecule has 0 unspecified atom stereocenters. The van der Waals surface area contributed by atoms with Crippen molar-refractivity contribution in [3.63, 3.8) is 0 Å². The van der Waals surface area contributed by atoms with E-state index in [4.69, 9.17) is 14.2 Å². The van der Waals surface area contributed by atoms with Crippen LogP contribution in [0.4, 0.5) is 0 Å². The second-order valence-electron chi connectivity index (χ2n) is 7.21. The third-order valence-corrected chi connectivity index (χ3v) is 5.27. The van der Waals surface area contributed by atoms with Crippen molar-refractivity contribution in [1.29, 1.82) is 0 Å². The molecule has 0 bridgehead atoms. The summed E-state index contributed by atoms with van der Waals surface area (Å²) in [6.07, 6.45) is 1.70. The van der Waals surface area contributed by atoms with Gasteiger partial charge in [0.15, 0.2) is 18.1 Å². The number of carbonyl (C=O) groups is 2. The second-order valence-corrected chi connectivity index (χ2v) is 7.21. The first-order valence-corrected chi connectivity index (χ1v) is 10.1. The van der Waals surface area contributed by atoms with Gasteiger partial charge >= 0.3 is 0 Å². The summed E-state index contributed by atoms with van der Waals surface area (Å²) in [7, 11) is 3.10. The zero-order valence-corrected chi connectivity index (χ0v) is 17.4. The van der Waals surface area contributed by atoms with Crippen LogP contribution in [0.15, 0.2) is 48.5 Å². The number of rotatable bonds is 8. The topological polar surface area (TPSA) is 77.1 Å². The molecule has 1 fully saturated rings. The number of piperidine rings is 1. The van der Waals surface area contributed by atoms with Crippen LogP contribution in [0.3, 0.4) is 0 Å². The molecule has 1 aliphatic heterocycles. The molecule has 2 aromatic carbocycles. The van der Waals surface area contributed by atoms with Gasteiger partial charge in [-0.05, 0) is 49.1 Å². The third kappa shape index (κ3) is 5.65.